The molecule has 4 rings (SSSR count). The van der Waals surface area contributed by atoms with Crippen LogP contribution in [0.25, 0.3) is 0 Å². The Balaban J connectivity index is 1.50. The van der Waals surface area contributed by atoms with E-state index in [9.17, 15) is 44.4 Å². The number of carbonyl (C=O) groups is 5. The van der Waals surface area contributed by atoms with Crippen molar-refractivity contribution in [2.24, 2.45) is 5.16 Å². The van der Waals surface area contributed by atoms with Crippen molar-refractivity contribution in [2.75, 3.05) is 18.1 Å². The van der Waals surface area contributed by atoms with Crippen molar-refractivity contribution in [3.8, 4) is 11.5 Å². The number of nitrogens with one attached hydrogen (secondary N) is 1. The highest BCUT2D eigenvalue weighted by Crippen LogP contribution is 2.40. The van der Waals surface area contributed by atoms with Gasteiger partial charge in [0.1, 0.15) is 29.4 Å². The number of thioether (sulfide) groups is 1. The summed E-state index contributed by atoms with van der Waals surface area (Å²) in [6, 6.07) is 2.08. The highest BCUT2D eigenvalue weighted by atomic mass is 32.2. The van der Waals surface area contributed by atoms with E-state index in [1.165, 1.54) is 25.3 Å². The Bertz CT molecular complexity index is 1550. The van der Waals surface area contributed by atoms with E-state index >= 15 is 0 Å². The summed E-state index contributed by atoms with van der Waals surface area (Å²) in [7, 11) is 0. The first-order chi connectivity index (χ1) is 19.7. The number of phenolic OH excluding ortho intramolecular Hbond substituents is 2. The first kappa shape index (κ1) is 30.1. The number of carboxylic acid groups (broad SMARTS) is 2. The minimum atomic E-state index is -1.81. The third-order valence-corrected chi connectivity index (χ3v) is 8.00. The van der Waals surface area contributed by atoms with Gasteiger partial charge >= 0.3 is 17.9 Å². The van der Waals surface area contributed by atoms with Crippen LogP contribution in [0.15, 0.2) is 40.0 Å². The molecule has 0 spiro atoms. The third kappa shape index (κ3) is 5.93. The number of thiazole rings is 1. The Morgan fingerprint density at radius 3 is 2.52 bits per heavy atom. The summed E-state index contributed by atoms with van der Waals surface area (Å²) in [5.41, 5.74) is 2.96. The minimum Gasteiger partial charge on any atom is -0.504 e. The topological polar surface area (TPSA) is 251 Å². The Morgan fingerprint density at radius 1 is 1.21 bits per heavy atom. The Morgan fingerprint density at radius 2 is 1.93 bits per heavy atom. The fourth-order valence-electron chi connectivity index (χ4n) is 3.69. The standard InChI is InChI=1S/C24H23N5O11S2/c1-24(2,22(37)38)40-28-14(11-8-42-23(25)26-11)17(32)27-15-18(33)29-16(20(34)35)10(7-41-19(15)29)6-39-21(36)9-3-4-12(30)13(31)5-9/h3-5,8,15,19,30-31H,6-7H2,1-2H3,(H2,25,26)(H,27,32)(H,34,35)(H,37,38)/b28-14-/t15?,19-/m1/s1. The van der Waals surface area contributed by atoms with Crippen LogP contribution in [0.4, 0.5) is 5.13 Å². The van der Waals surface area contributed by atoms with Crippen LogP contribution < -0.4 is 11.1 Å². The maximum Gasteiger partial charge on any atom is 0.352 e. The number of nitrogens with zero attached hydrogens (tertiary/aromatic N) is 3. The molecule has 0 saturated carbocycles. The van der Waals surface area contributed by atoms with Crippen molar-refractivity contribution in [3.63, 3.8) is 0 Å². The molecule has 0 bridgehead atoms. The van der Waals surface area contributed by atoms with E-state index < -0.39 is 76.3 Å². The number of nitrogen functional groups attached to an aromatic ring is 1. The van der Waals surface area contributed by atoms with E-state index in [0.717, 1.165) is 40.1 Å². The summed E-state index contributed by atoms with van der Waals surface area (Å²) >= 11 is 2.08. The number of aromatic nitrogens is 1. The lowest BCUT2D eigenvalue weighted by molar-refractivity contribution is -0.161. The second kappa shape index (κ2) is 11.6. The van der Waals surface area contributed by atoms with E-state index in [0.29, 0.717) is 0 Å². The lowest BCUT2D eigenvalue weighted by Gasteiger charge is -2.49. The van der Waals surface area contributed by atoms with E-state index in [1.54, 1.807) is 0 Å². The van der Waals surface area contributed by atoms with Crippen molar-refractivity contribution < 1.29 is 54.0 Å². The molecule has 1 unspecified atom stereocenters. The zero-order valence-electron chi connectivity index (χ0n) is 21.8. The lowest BCUT2D eigenvalue weighted by Crippen LogP contribution is -2.71. The lowest BCUT2D eigenvalue weighted by atomic mass is 10.0. The molecule has 2 aliphatic rings. The Labute approximate surface area is 244 Å². The smallest absolute Gasteiger partial charge is 0.352 e. The predicted octanol–water partition coefficient (Wildman–Crippen LogP) is 0.316. The minimum absolute atomic E-state index is 0.0238. The summed E-state index contributed by atoms with van der Waals surface area (Å²) in [6.07, 6.45) is 0. The van der Waals surface area contributed by atoms with Crippen LogP contribution in [0.3, 0.4) is 0 Å². The quantitative estimate of drug-likeness (QED) is 0.0687. The molecule has 3 heterocycles. The van der Waals surface area contributed by atoms with Gasteiger partial charge in [0.25, 0.3) is 11.8 Å². The van der Waals surface area contributed by atoms with E-state index in [-0.39, 0.29) is 27.7 Å². The number of anilines is 1. The van der Waals surface area contributed by atoms with Crippen LogP contribution in [-0.2, 0) is 28.8 Å². The van der Waals surface area contributed by atoms with Crippen LogP contribution in [0.5, 0.6) is 11.5 Å². The zero-order chi connectivity index (χ0) is 30.9. The fourth-order valence-corrected chi connectivity index (χ4v) is 5.57. The normalized spacial score (nSPS) is 18.6. The number of hydrogen-bond donors (Lipinski definition) is 6. The van der Waals surface area contributed by atoms with Crippen molar-refractivity contribution in [2.45, 2.75) is 30.9 Å². The number of aromatic hydroxyl groups is 2. The molecule has 1 saturated heterocycles. The molecule has 7 N–H and O–H groups in total. The van der Waals surface area contributed by atoms with Crippen LogP contribution in [0, 0.1) is 0 Å². The summed E-state index contributed by atoms with van der Waals surface area (Å²) in [4.78, 5) is 72.0. The molecule has 2 aliphatic heterocycles. The first-order valence-electron chi connectivity index (χ1n) is 11.8. The number of ether oxygens (including phenoxy) is 1. The van der Waals surface area contributed by atoms with Gasteiger partial charge in [-0.25, -0.2) is 19.4 Å². The molecule has 16 nitrogen and oxygen atoms in total. The number of phenols is 2. The number of β-lactam (4-membered cyclic amide) rings is 1. The van der Waals surface area contributed by atoms with Gasteiger partial charge in [-0.05, 0) is 32.0 Å². The maximum absolute atomic E-state index is 13.2. The second-order valence-electron chi connectivity index (χ2n) is 9.32. The van der Waals surface area contributed by atoms with Gasteiger partial charge in [-0.3, -0.25) is 14.5 Å². The number of nitrogens with two attached hydrogens (primary N) is 1. The van der Waals surface area contributed by atoms with Gasteiger partial charge in [-0.15, -0.1) is 23.1 Å². The van der Waals surface area contributed by atoms with Gasteiger partial charge in [0.15, 0.2) is 22.3 Å². The van der Waals surface area contributed by atoms with Crippen LogP contribution in [0.2, 0.25) is 0 Å². The Kier molecular flexibility index (Phi) is 8.30. The molecule has 2 aromatic rings. The van der Waals surface area contributed by atoms with Gasteiger partial charge in [-0.1, -0.05) is 5.16 Å². The zero-order valence-corrected chi connectivity index (χ0v) is 23.4. The van der Waals surface area contributed by atoms with Crippen molar-refractivity contribution in [3.05, 3.63) is 46.1 Å². The van der Waals surface area contributed by atoms with Crippen molar-refractivity contribution in [1.29, 1.82) is 0 Å². The van der Waals surface area contributed by atoms with Gasteiger partial charge in [0, 0.05) is 16.7 Å². The summed E-state index contributed by atoms with van der Waals surface area (Å²) in [5.74, 6) is -6.41. The monoisotopic (exact) mass is 621 g/mol. The van der Waals surface area contributed by atoms with Crippen molar-refractivity contribution >= 4 is 63.7 Å². The largest absolute Gasteiger partial charge is 0.504 e. The average Bonchev–Trinajstić information content (AvgIpc) is 3.36. The molecule has 222 valence electrons. The molecule has 1 aromatic heterocycles. The highest BCUT2D eigenvalue weighted by Gasteiger charge is 2.54. The highest BCUT2D eigenvalue weighted by molar-refractivity contribution is 8.00. The maximum atomic E-state index is 13.2. The number of carboxylic acids is 2. The molecule has 0 aliphatic carbocycles. The SMILES string of the molecule is CC(C)(O/N=C(\C(=O)NC1C(=O)N2C(C(=O)O)=C(COC(=O)c3ccc(O)c(O)c3)CS[C@H]12)c1csc(N)n1)C(=O)O. The molecule has 1 aromatic carbocycles. The number of carbonyl (C=O) groups excluding carboxylic acids is 3. The van der Waals surface area contributed by atoms with E-state index in [1.807, 2.05) is 0 Å². The van der Waals surface area contributed by atoms with E-state index in [2.05, 4.69) is 15.5 Å². The van der Waals surface area contributed by atoms with Crippen molar-refractivity contribution in [1.82, 2.24) is 15.2 Å². The van der Waals surface area contributed by atoms with Gasteiger partial charge in [-0.2, -0.15) is 0 Å². The van der Waals surface area contributed by atoms with Crippen LogP contribution in [0.1, 0.15) is 29.9 Å². The number of fused-ring (bicyclic) bond motifs is 1. The van der Waals surface area contributed by atoms with Gasteiger partial charge in [0.05, 0.1) is 5.56 Å². The predicted molar refractivity (Wildman–Crippen MR) is 146 cm³/mol. The first-order valence-corrected chi connectivity index (χ1v) is 13.7. The number of hydrogen-bond acceptors (Lipinski definition) is 14. The van der Waals surface area contributed by atoms with Gasteiger partial charge < -0.3 is 41.1 Å². The number of aliphatic carboxylic acids is 2. The molecule has 0 radical (unpaired) electrons. The summed E-state index contributed by atoms with van der Waals surface area (Å²) < 4.78 is 5.17. The molecular formula is C24H23N5O11S2. The number of esters is 1. The summed E-state index contributed by atoms with van der Waals surface area (Å²) in [6.45, 7) is 1.93. The molecule has 18 heteroatoms. The fraction of sp³-hybridized carbons (Fsp3) is 0.292. The van der Waals surface area contributed by atoms with Gasteiger partial charge in [0.2, 0.25) is 5.60 Å². The number of oxime groups is 1. The Hall–Kier alpha value is -4.84. The molecule has 42 heavy (non-hydrogen) atoms. The number of amides is 2. The molecule has 2 amide bonds. The number of rotatable bonds is 10. The third-order valence-electron chi connectivity index (χ3n) is 5.98. The second-order valence-corrected chi connectivity index (χ2v) is 11.3. The summed E-state index contributed by atoms with van der Waals surface area (Å²) in [5, 5.41) is 44.9. The molecular weight excluding hydrogens is 598 g/mol. The number of benzene rings is 1. The average molecular weight is 622 g/mol. The van der Waals surface area contributed by atoms with Crippen LogP contribution >= 0.6 is 23.1 Å². The van der Waals surface area contributed by atoms with Crippen LogP contribution in [-0.4, -0.2) is 95.1 Å². The molecule has 2 atom stereocenters. The van der Waals surface area contributed by atoms with E-state index in [4.69, 9.17) is 15.3 Å². The molecule has 1 fully saturated rings.